The molecule has 0 aliphatic carbocycles. The summed E-state index contributed by atoms with van der Waals surface area (Å²) in [6.45, 7) is 13.3. The second-order valence-corrected chi connectivity index (χ2v) is 11.3. The molecule has 1 aliphatic rings. The van der Waals surface area contributed by atoms with Gasteiger partial charge in [-0.15, -0.1) is 11.3 Å². The highest BCUT2D eigenvalue weighted by Gasteiger charge is 2.19. The van der Waals surface area contributed by atoms with Crippen molar-refractivity contribution >= 4 is 17.0 Å². The van der Waals surface area contributed by atoms with Gasteiger partial charge in [0.2, 0.25) is 0 Å². The molecule has 1 unspecified atom stereocenters. The number of allylic oxidation sites excluding steroid dienone is 1. The maximum Gasteiger partial charge on any atom is 0.0959 e. The van der Waals surface area contributed by atoms with Crippen LogP contribution in [0.1, 0.15) is 68.4 Å². The van der Waals surface area contributed by atoms with Crippen LogP contribution >= 0.6 is 11.3 Å². The molecule has 1 N–H and O–H groups in total. The van der Waals surface area contributed by atoms with Gasteiger partial charge < -0.3 is 10.2 Å². The molecule has 0 saturated heterocycles. The van der Waals surface area contributed by atoms with Crippen LogP contribution in [0.5, 0.6) is 0 Å². The molecule has 1 atom stereocenters. The molecule has 3 aromatic rings. The number of hydrogen-bond donors (Lipinski definition) is 1. The normalized spacial score (nSPS) is 16.3. The zero-order valence-electron chi connectivity index (χ0n) is 20.8. The van der Waals surface area contributed by atoms with Gasteiger partial charge in [-0.2, -0.15) is 0 Å². The molecule has 0 spiro atoms. The van der Waals surface area contributed by atoms with Crippen molar-refractivity contribution in [1.82, 2.24) is 9.88 Å². The van der Waals surface area contributed by atoms with Crippen LogP contribution in [0.25, 0.3) is 10.4 Å². The average Bonchev–Trinajstić information content (AvgIpc) is 3.17. The summed E-state index contributed by atoms with van der Waals surface area (Å²) in [4.78, 5) is 8.26. The fourth-order valence-electron chi connectivity index (χ4n) is 4.03. The van der Waals surface area contributed by atoms with Crippen LogP contribution in [0.3, 0.4) is 0 Å². The Balaban J connectivity index is 1.51. The first kappa shape index (κ1) is 23.3. The summed E-state index contributed by atoms with van der Waals surface area (Å²) in [5.74, 6) is 0.462. The number of aryl methyl sites for hydroxylation is 1. The first-order valence-corrected chi connectivity index (χ1v) is 12.5. The molecule has 4 rings (SSSR count). The summed E-state index contributed by atoms with van der Waals surface area (Å²) in [5, 5.41) is 4.79. The lowest BCUT2D eigenvalue weighted by molar-refractivity contribution is 0.387. The smallest absolute Gasteiger partial charge is 0.0959 e. The van der Waals surface area contributed by atoms with Crippen LogP contribution in [-0.2, 0) is 5.41 Å². The molecule has 0 radical (unpaired) electrons. The van der Waals surface area contributed by atoms with Crippen molar-refractivity contribution < 1.29 is 0 Å². The molecule has 0 amide bonds. The number of likely N-dealkylation sites (N-methyl/N-ethyl adjacent to an activating group) is 1. The molecule has 172 valence electrons. The van der Waals surface area contributed by atoms with Crippen molar-refractivity contribution in [3.63, 3.8) is 0 Å². The Morgan fingerprint density at radius 3 is 2.24 bits per heavy atom. The summed E-state index contributed by atoms with van der Waals surface area (Å²) >= 11 is 1.80. The van der Waals surface area contributed by atoms with Crippen molar-refractivity contribution in [3.05, 3.63) is 94.4 Å². The summed E-state index contributed by atoms with van der Waals surface area (Å²) in [6.07, 6.45) is 6.58. The zero-order valence-corrected chi connectivity index (χ0v) is 21.6. The van der Waals surface area contributed by atoms with E-state index in [2.05, 4.69) is 126 Å². The highest BCUT2D eigenvalue weighted by molar-refractivity contribution is 7.15. The van der Waals surface area contributed by atoms with Crippen LogP contribution in [0.4, 0.5) is 5.69 Å². The van der Waals surface area contributed by atoms with Gasteiger partial charge in [-0.3, -0.25) is 0 Å². The van der Waals surface area contributed by atoms with E-state index < -0.39 is 0 Å². The van der Waals surface area contributed by atoms with Crippen LogP contribution < -0.4 is 5.32 Å². The monoisotopic (exact) mass is 457 g/mol. The SMILES string of the molecule is Cc1nc(C(C)C)sc1-c1ccc(NC2=CC(c3ccc(C(C)(C)C)cc3)N(C)C=C2)cc1. The summed E-state index contributed by atoms with van der Waals surface area (Å²) in [5.41, 5.74) is 7.37. The molecule has 0 saturated carbocycles. The highest BCUT2D eigenvalue weighted by Crippen LogP contribution is 2.34. The Morgan fingerprint density at radius 1 is 1.00 bits per heavy atom. The summed E-state index contributed by atoms with van der Waals surface area (Å²) in [7, 11) is 2.13. The number of anilines is 1. The van der Waals surface area contributed by atoms with Crippen LogP contribution in [0.15, 0.2) is 72.6 Å². The lowest BCUT2D eigenvalue weighted by atomic mass is 9.86. The Labute approximate surface area is 202 Å². The molecule has 33 heavy (non-hydrogen) atoms. The lowest BCUT2D eigenvalue weighted by Gasteiger charge is -2.29. The predicted molar refractivity (Wildman–Crippen MR) is 143 cm³/mol. The van der Waals surface area contributed by atoms with E-state index >= 15 is 0 Å². The molecule has 2 heterocycles. The van der Waals surface area contributed by atoms with Gasteiger partial charge in [0.1, 0.15) is 0 Å². The van der Waals surface area contributed by atoms with Crippen LogP contribution in [-0.4, -0.2) is 16.9 Å². The van der Waals surface area contributed by atoms with Crippen molar-refractivity contribution in [2.24, 2.45) is 0 Å². The first-order chi connectivity index (χ1) is 15.6. The van der Waals surface area contributed by atoms with Gasteiger partial charge in [0, 0.05) is 30.5 Å². The molecule has 1 aromatic heterocycles. The van der Waals surface area contributed by atoms with Crippen molar-refractivity contribution in [2.75, 3.05) is 12.4 Å². The number of benzene rings is 2. The summed E-state index contributed by atoms with van der Waals surface area (Å²) < 4.78 is 0. The van der Waals surface area contributed by atoms with E-state index in [0.717, 1.165) is 17.1 Å². The van der Waals surface area contributed by atoms with Crippen LogP contribution in [0, 0.1) is 6.92 Å². The minimum absolute atomic E-state index is 0.166. The molecule has 4 heteroatoms. The van der Waals surface area contributed by atoms with Crippen LogP contribution in [0.2, 0.25) is 0 Å². The number of nitrogens with zero attached hydrogens (tertiary/aromatic N) is 2. The lowest BCUT2D eigenvalue weighted by Crippen LogP contribution is -2.22. The van der Waals surface area contributed by atoms with Gasteiger partial charge in [0.15, 0.2) is 0 Å². The maximum atomic E-state index is 4.75. The van der Waals surface area contributed by atoms with E-state index in [1.165, 1.54) is 26.6 Å². The Bertz CT molecular complexity index is 1160. The number of rotatable bonds is 5. The molecule has 2 aromatic carbocycles. The third-order valence-electron chi connectivity index (χ3n) is 6.13. The Hall–Kier alpha value is -2.85. The second kappa shape index (κ2) is 9.18. The minimum atomic E-state index is 0.166. The molecule has 3 nitrogen and oxygen atoms in total. The number of nitrogens with one attached hydrogen (secondary N) is 1. The Kier molecular flexibility index (Phi) is 6.49. The third kappa shape index (κ3) is 5.22. The summed E-state index contributed by atoms with van der Waals surface area (Å²) in [6, 6.07) is 17.9. The van der Waals surface area contributed by atoms with Gasteiger partial charge in [-0.05, 0) is 53.3 Å². The highest BCUT2D eigenvalue weighted by atomic mass is 32.1. The maximum absolute atomic E-state index is 4.75. The van der Waals surface area contributed by atoms with Gasteiger partial charge in [0.05, 0.1) is 21.6 Å². The van der Waals surface area contributed by atoms with Crippen molar-refractivity contribution in [1.29, 1.82) is 0 Å². The Morgan fingerprint density at radius 2 is 1.67 bits per heavy atom. The first-order valence-electron chi connectivity index (χ1n) is 11.7. The molecule has 0 bridgehead atoms. The quantitative estimate of drug-likeness (QED) is 0.420. The van der Waals surface area contributed by atoms with E-state index in [9.17, 15) is 0 Å². The minimum Gasteiger partial charge on any atom is -0.370 e. The van der Waals surface area contributed by atoms with E-state index in [1.807, 2.05) is 0 Å². The van der Waals surface area contributed by atoms with E-state index in [4.69, 9.17) is 4.98 Å². The van der Waals surface area contributed by atoms with Crippen molar-refractivity contribution in [2.45, 2.75) is 58.9 Å². The number of thiazole rings is 1. The van der Waals surface area contributed by atoms with E-state index in [0.29, 0.717) is 5.92 Å². The fraction of sp³-hybridized carbons (Fsp3) is 0.345. The van der Waals surface area contributed by atoms with E-state index in [1.54, 1.807) is 11.3 Å². The molecule has 0 fully saturated rings. The van der Waals surface area contributed by atoms with Crippen molar-refractivity contribution in [3.8, 4) is 10.4 Å². The van der Waals surface area contributed by atoms with E-state index in [-0.39, 0.29) is 11.5 Å². The van der Waals surface area contributed by atoms with Gasteiger partial charge in [-0.25, -0.2) is 4.98 Å². The number of hydrogen-bond acceptors (Lipinski definition) is 4. The van der Waals surface area contributed by atoms with Gasteiger partial charge in [0.25, 0.3) is 0 Å². The van der Waals surface area contributed by atoms with Gasteiger partial charge in [-0.1, -0.05) is 71.0 Å². The third-order valence-corrected chi connectivity index (χ3v) is 7.63. The topological polar surface area (TPSA) is 28.2 Å². The zero-order chi connectivity index (χ0) is 23.8. The fourth-order valence-corrected chi connectivity index (χ4v) is 5.11. The second-order valence-electron chi connectivity index (χ2n) is 10.2. The number of aromatic nitrogens is 1. The largest absolute Gasteiger partial charge is 0.370 e. The molecule has 1 aliphatic heterocycles. The average molecular weight is 458 g/mol. The standard InChI is InChI=1S/C29H35N3S/c1-19(2)28-30-20(3)27(33-28)22-10-14-24(15-11-22)31-25-16-17-32(7)26(18-25)21-8-12-23(13-9-21)29(4,5)6/h8-19,26,31H,1-7H3. The predicted octanol–water partition coefficient (Wildman–Crippen LogP) is 8.04. The van der Waals surface area contributed by atoms with Gasteiger partial charge >= 0.3 is 0 Å². The molecular formula is C29H35N3S. The molecular weight excluding hydrogens is 422 g/mol.